The molecule has 0 saturated carbocycles. The van der Waals surface area contributed by atoms with Crippen LogP contribution in [0.3, 0.4) is 0 Å². The number of amides is 2. The molecule has 0 spiro atoms. The molecule has 0 aromatic heterocycles. The van der Waals surface area contributed by atoms with Gasteiger partial charge in [-0.05, 0) is 26.8 Å². The third-order valence-electron chi connectivity index (χ3n) is 3.79. The maximum absolute atomic E-state index is 12.1. The van der Waals surface area contributed by atoms with Gasteiger partial charge in [-0.2, -0.15) is 0 Å². The van der Waals surface area contributed by atoms with E-state index in [1.807, 2.05) is 0 Å². The van der Waals surface area contributed by atoms with Crippen LogP contribution >= 0.6 is 0 Å². The second-order valence-corrected chi connectivity index (χ2v) is 6.94. The molecule has 3 atom stereocenters. The summed E-state index contributed by atoms with van der Waals surface area (Å²) in [4.78, 5) is 37.4. The molecule has 2 amide bonds. The average Bonchev–Trinajstić information content (AvgIpc) is 3.17. The summed E-state index contributed by atoms with van der Waals surface area (Å²) in [5, 5.41) is 2.77. The first kappa shape index (κ1) is 18.0. The normalized spacial score (nSPS) is 25.1. The zero-order valence-electron chi connectivity index (χ0n) is 14.5. The Kier molecular flexibility index (Phi) is 5.01. The van der Waals surface area contributed by atoms with E-state index in [0.717, 1.165) is 0 Å². The van der Waals surface area contributed by atoms with Crippen LogP contribution in [0.15, 0.2) is 24.3 Å². The van der Waals surface area contributed by atoms with Gasteiger partial charge in [-0.3, -0.25) is 4.79 Å². The number of esters is 1. The van der Waals surface area contributed by atoms with E-state index in [4.69, 9.17) is 9.47 Å². The third kappa shape index (κ3) is 4.15. The van der Waals surface area contributed by atoms with Crippen LogP contribution in [0.4, 0.5) is 4.79 Å². The largest absolute Gasteiger partial charge is 0.458 e. The van der Waals surface area contributed by atoms with Crippen LogP contribution < -0.4 is 5.32 Å². The van der Waals surface area contributed by atoms with Gasteiger partial charge >= 0.3 is 12.1 Å². The molecule has 132 valence electrons. The van der Waals surface area contributed by atoms with Gasteiger partial charge in [0.05, 0.1) is 18.1 Å². The molecule has 0 aromatic carbocycles. The summed E-state index contributed by atoms with van der Waals surface area (Å²) in [5.74, 6) is -0.558. The average molecular weight is 336 g/mol. The van der Waals surface area contributed by atoms with Gasteiger partial charge in [0.25, 0.3) is 0 Å². The monoisotopic (exact) mass is 336 g/mol. The Hall–Kier alpha value is -2.31. The quantitative estimate of drug-likeness (QED) is 0.478. The number of ether oxygens (including phenoxy) is 2. The Morgan fingerprint density at radius 3 is 2.62 bits per heavy atom. The summed E-state index contributed by atoms with van der Waals surface area (Å²) in [5.41, 5.74) is -0.174. The SMILES string of the molecule is C=CCOC(=O)C1=C[C@H]2[C@@H]([C@@H](NC(=O)OC(C)(C)C)C1)N2C(C)=O. The molecule has 0 unspecified atom stereocenters. The molecule has 1 aliphatic carbocycles. The minimum atomic E-state index is -0.622. The minimum absolute atomic E-state index is 0.0991. The Morgan fingerprint density at radius 2 is 2.08 bits per heavy atom. The maximum Gasteiger partial charge on any atom is 0.407 e. The van der Waals surface area contributed by atoms with E-state index in [2.05, 4.69) is 11.9 Å². The topological polar surface area (TPSA) is 84.7 Å². The fraction of sp³-hybridized carbons (Fsp3) is 0.588. The van der Waals surface area contributed by atoms with E-state index in [9.17, 15) is 14.4 Å². The van der Waals surface area contributed by atoms with Crippen LogP contribution in [-0.2, 0) is 19.1 Å². The van der Waals surface area contributed by atoms with Gasteiger partial charge in [0.1, 0.15) is 12.2 Å². The van der Waals surface area contributed by atoms with Gasteiger partial charge in [0, 0.05) is 18.9 Å². The fourth-order valence-electron chi connectivity index (χ4n) is 2.90. The lowest BCUT2D eigenvalue weighted by molar-refractivity contribution is -0.138. The van der Waals surface area contributed by atoms with E-state index in [-0.39, 0.29) is 30.6 Å². The second-order valence-electron chi connectivity index (χ2n) is 6.94. The lowest BCUT2D eigenvalue weighted by Crippen LogP contribution is -2.45. The van der Waals surface area contributed by atoms with Crippen molar-refractivity contribution in [3.63, 3.8) is 0 Å². The van der Waals surface area contributed by atoms with Gasteiger partial charge in [0.2, 0.25) is 5.91 Å². The first-order valence-electron chi connectivity index (χ1n) is 7.91. The van der Waals surface area contributed by atoms with Crippen molar-refractivity contribution in [3.8, 4) is 0 Å². The van der Waals surface area contributed by atoms with Gasteiger partial charge in [-0.1, -0.05) is 12.7 Å². The first-order chi connectivity index (χ1) is 11.1. The maximum atomic E-state index is 12.1. The first-order valence-corrected chi connectivity index (χ1v) is 7.91. The number of hydrogen-bond acceptors (Lipinski definition) is 5. The standard InChI is InChI=1S/C17H24N2O5/c1-6-7-23-15(21)11-8-12(18-16(22)24-17(3,4)5)14-13(9-11)19(14)10(2)20/h6,9,12-14H,1,7-8H2,2-5H3,(H,18,22)/t12-,13-,14+,19?/m0/s1. The highest BCUT2D eigenvalue weighted by atomic mass is 16.6. The third-order valence-corrected chi connectivity index (χ3v) is 3.79. The number of nitrogens with one attached hydrogen (secondary N) is 1. The van der Waals surface area contributed by atoms with Gasteiger partial charge in [0.15, 0.2) is 0 Å². The van der Waals surface area contributed by atoms with Crippen molar-refractivity contribution in [2.45, 2.75) is 57.8 Å². The van der Waals surface area contributed by atoms with Gasteiger partial charge < -0.3 is 19.7 Å². The van der Waals surface area contributed by atoms with E-state index < -0.39 is 17.7 Å². The van der Waals surface area contributed by atoms with Gasteiger partial charge in [-0.15, -0.1) is 0 Å². The van der Waals surface area contributed by atoms with Crippen LogP contribution in [0, 0.1) is 0 Å². The Labute approximate surface area is 141 Å². The highest BCUT2D eigenvalue weighted by molar-refractivity contribution is 5.90. The van der Waals surface area contributed by atoms with E-state index in [1.54, 1.807) is 31.7 Å². The predicted molar refractivity (Wildman–Crippen MR) is 87.1 cm³/mol. The molecule has 0 radical (unpaired) electrons. The number of fused-ring (bicyclic) bond motifs is 1. The number of carbonyl (C=O) groups excluding carboxylic acids is 3. The molecular formula is C17H24N2O5. The smallest absolute Gasteiger partial charge is 0.407 e. The highest BCUT2D eigenvalue weighted by Gasteiger charge is 2.56. The van der Waals surface area contributed by atoms with Crippen LogP contribution in [0.25, 0.3) is 0 Å². The summed E-state index contributed by atoms with van der Waals surface area (Å²) in [6.07, 6.45) is 2.95. The predicted octanol–water partition coefficient (Wildman–Crippen LogP) is 1.54. The van der Waals surface area contributed by atoms with Crippen LogP contribution in [-0.4, -0.2) is 53.2 Å². The van der Waals surface area contributed by atoms with Crippen LogP contribution in [0.5, 0.6) is 0 Å². The van der Waals surface area contributed by atoms with Crippen LogP contribution in [0.2, 0.25) is 0 Å². The molecule has 24 heavy (non-hydrogen) atoms. The number of hydrogen-bond donors (Lipinski definition) is 1. The minimum Gasteiger partial charge on any atom is -0.458 e. The number of alkyl carbamates (subject to hydrolysis) is 1. The molecule has 0 bridgehead atoms. The molecule has 2 rings (SSSR count). The molecule has 1 saturated heterocycles. The zero-order chi connectivity index (χ0) is 18.1. The van der Waals surface area contributed by atoms with Crippen molar-refractivity contribution >= 4 is 18.0 Å². The lowest BCUT2D eigenvalue weighted by Gasteiger charge is -2.25. The highest BCUT2D eigenvalue weighted by Crippen LogP contribution is 2.39. The Morgan fingerprint density at radius 1 is 1.42 bits per heavy atom. The summed E-state index contributed by atoms with van der Waals surface area (Å²) >= 11 is 0. The van der Waals surface area contributed by atoms with E-state index in [0.29, 0.717) is 12.0 Å². The van der Waals surface area contributed by atoms with Crippen molar-refractivity contribution in [1.29, 1.82) is 0 Å². The van der Waals surface area contributed by atoms with Crippen molar-refractivity contribution in [2.75, 3.05) is 6.61 Å². The Bertz CT molecular complexity index is 590. The van der Waals surface area contributed by atoms with Crippen molar-refractivity contribution < 1.29 is 23.9 Å². The molecular weight excluding hydrogens is 312 g/mol. The molecule has 1 heterocycles. The molecule has 1 fully saturated rings. The summed E-state index contributed by atoms with van der Waals surface area (Å²) < 4.78 is 10.3. The van der Waals surface area contributed by atoms with Crippen molar-refractivity contribution in [1.82, 2.24) is 10.2 Å². The molecule has 7 nitrogen and oxygen atoms in total. The van der Waals surface area contributed by atoms with Crippen molar-refractivity contribution in [3.05, 3.63) is 24.3 Å². The fourth-order valence-corrected chi connectivity index (χ4v) is 2.90. The van der Waals surface area contributed by atoms with Gasteiger partial charge in [-0.25, -0.2) is 9.59 Å². The summed E-state index contributed by atoms with van der Waals surface area (Å²) in [6, 6.07) is -0.724. The lowest BCUT2D eigenvalue weighted by atomic mass is 9.95. The molecule has 0 aromatic rings. The van der Waals surface area contributed by atoms with E-state index in [1.165, 1.54) is 13.0 Å². The molecule has 2 aliphatic rings. The number of carbonyl (C=O) groups is 3. The number of rotatable bonds is 4. The van der Waals surface area contributed by atoms with E-state index >= 15 is 0 Å². The Balaban J connectivity index is 2.09. The summed E-state index contributed by atoms with van der Waals surface area (Å²) in [6.45, 7) is 10.4. The summed E-state index contributed by atoms with van der Waals surface area (Å²) in [7, 11) is 0. The molecule has 1 aliphatic heterocycles. The number of nitrogens with zero attached hydrogens (tertiary/aromatic N) is 1. The zero-order valence-corrected chi connectivity index (χ0v) is 14.5. The van der Waals surface area contributed by atoms with Crippen molar-refractivity contribution in [2.24, 2.45) is 0 Å². The second kappa shape index (κ2) is 6.67. The molecule has 7 heteroatoms. The van der Waals surface area contributed by atoms with Crippen LogP contribution in [0.1, 0.15) is 34.1 Å². The molecule has 1 N–H and O–H groups in total.